The minimum atomic E-state index is -4.90. The van der Waals surface area contributed by atoms with Crippen LogP contribution in [0.25, 0.3) is 11.4 Å². The Morgan fingerprint density at radius 1 is 1.03 bits per heavy atom. The van der Waals surface area contributed by atoms with Gasteiger partial charge in [0.15, 0.2) is 0 Å². The molecule has 0 unspecified atom stereocenters. The van der Waals surface area contributed by atoms with Gasteiger partial charge in [0.05, 0.1) is 26.0 Å². The summed E-state index contributed by atoms with van der Waals surface area (Å²) in [6.45, 7) is 4.01. The molecule has 212 valence electrons. The first-order chi connectivity index (χ1) is 18.4. The SMILES string of the molecule is CCOC(=O)C[C@H](C)CCCOc1ccccc1Cn1c(C(F)(F)F)cnc1-c1ccc(OC(F)(F)F)cc1. The van der Waals surface area contributed by atoms with Crippen molar-refractivity contribution in [2.24, 2.45) is 5.92 Å². The molecule has 0 fully saturated rings. The predicted molar refractivity (Wildman–Crippen MR) is 130 cm³/mol. The molecule has 12 heteroatoms. The largest absolute Gasteiger partial charge is 0.573 e. The lowest BCUT2D eigenvalue weighted by Crippen LogP contribution is -2.17. The molecule has 6 nitrogen and oxygen atoms in total. The number of carbonyl (C=O) groups excluding carboxylic acids is 1. The second-order valence-electron chi connectivity index (χ2n) is 8.84. The zero-order valence-corrected chi connectivity index (χ0v) is 21.3. The van der Waals surface area contributed by atoms with Crippen LogP contribution in [0, 0.1) is 5.92 Å². The predicted octanol–water partition coefficient (Wildman–Crippen LogP) is 7.26. The van der Waals surface area contributed by atoms with Gasteiger partial charge < -0.3 is 18.8 Å². The van der Waals surface area contributed by atoms with E-state index < -0.39 is 24.0 Å². The van der Waals surface area contributed by atoms with E-state index in [9.17, 15) is 31.1 Å². The zero-order chi connectivity index (χ0) is 28.6. The first kappa shape index (κ1) is 29.9. The number of para-hydroxylation sites is 1. The maximum Gasteiger partial charge on any atom is 0.573 e. The Labute approximate surface area is 221 Å². The van der Waals surface area contributed by atoms with Crippen LogP contribution in [0.2, 0.25) is 0 Å². The van der Waals surface area contributed by atoms with E-state index in [-0.39, 0.29) is 42.8 Å². The van der Waals surface area contributed by atoms with Crippen molar-refractivity contribution in [2.75, 3.05) is 13.2 Å². The summed E-state index contributed by atoms with van der Waals surface area (Å²) in [6, 6.07) is 11.1. The first-order valence-corrected chi connectivity index (χ1v) is 12.2. The molecule has 0 amide bonds. The van der Waals surface area contributed by atoms with Crippen molar-refractivity contribution in [1.29, 1.82) is 0 Å². The minimum Gasteiger partial charge on any atom is -0.493 e. The summed E-state index contributed by atoms with van der Waals surface area (Å²) in [5.74, 6) is -0.384. The van der Waals surface area contributed by atoms with Crippen LogP contribution in [0.15, 0.2) is 54.7 Å². The van der Waals surface area contributed by atoms with E-state index >= 15 is 0 Å². The molecule has 0 saturated heterocycles. The van der Waals surface area contributed by atoms with E-state index in [0.29, 0.717) is 37.0 Å². The molecule has 0 spiro atoms. The second-order valence-corrected chi connectivity index (χ2v) is 8.84. The maximum atomic E-state index is 13.8. The lowest BCUT2D eigenvalue weighted by atomic mass is 10.0. The molecule has 0 aliphatic carbocycles. The van der Waals surface area contributed by atoms with Gasteiger partial charge in [-0.15, -0.1) is 13.2 Å². The number of benzene rings is 2. The van der Waals surface area contributed by atoms with Crippen molar-refractivity contribution >= 4 is 5.97 Å². The fraction of sp³-hybridized carbons (Fsp3) is 0.407. The summed E-state index contributed by atoms with van der Waals surface area (Å²) in [5.41, 5.74) is -0.386. The molecule has 3 aromatic rings. The summed E-state index contributed by atoms with van der Waals surface area (Å²) < 4.78 is 94.5. The second kappa shape index (κ2) is 12.9. The molecular weight excluding hydrogens is 530 g/mol. The number of halogens is 6. The summed E-state index contributed by atoms with van der Waals surface area (Å²) >= 11 is 0. The van der Waals surface area contributed by atoms with E-state index in [4.69, 9.17) is 9.47 Å². The lowest BCUT2D eigenvalue weighted by molar-refractivity contribution is -0.274. The molecule has 2 aromatic carbocycles. The molecule has 1 heterocycles. The molecule has 0 N–H and O–H groups in total. The van der Waals surface area contributed by atoms with Gasteiger partial charge in [-0.1, -0.05) is 25.1 Å². The van der Waals surface area contributed by atoms with Gasteiger partial charge in [0, 0.05) is 17.5 Å². The monoisotopic (exact) mass is 558 g/mol. The van der Waals surface area contributed by atoms with Crippen molar-refractivity contribution < 1.29 is 45.3 Å². The number of aromatic nitrogens is 2. The first-order valence-electron chi connectivity index (χ1n) is 12.2. The highest BCUT2D eigenvalue weighted by Gasteiger charge is 2.36. The number of ether oxygens (including phenoxy) is 3. The highest BCUT2D eigenvalue weighted by atomic mass is 19.4. The fourth-order valence-electron chi connectivity index (χ4n) is 3.96. The van der Waals surface area contributed by atoms with Gasteiger partial charge in [-0.2, -0.15) is 13.2 Å². The molecule has 0 aliphatic rings. The van der Waals surface area contributed by atoms with Gasteiger partial charge in [0.25, 0.3) is 0 Å². The Balaban J connectivity index is 1.77. The summed E-state index contributed by atoms with van der Waals surface area (Å²) in [4.78, 5) is 15.5. The average molecular weight is 559 g/mol. The topological polar surface area (TPSA) is 62.6 Å². The third-order valence-corrected chi connectivity index (χ3v) is 5.71. The van der Waals surface area contributed by atoms with Crippen molar-refractivity contribution in [2.45, 2.75) is 52.2 Å². The van der Waals surface area contributed by atoms with Gasteiger partial charge in [0.2, 0.25) is 0 Å². The maximum absolute atomic E-state index is 13.8. The molecule has 1 atom stereocenters. The third-order valence-electron chi connectivity index (χ3n) is 5.71. The van der Waals surface area contributed by atoms with E-state index in [1.807, 2.05) is 6.92 Å². The molecule has 1 aromatic heterocycles. The quantitative estimate of drug-likeness (QED) is 0.133. The van der Waals surface area contributed by atoms with E-state index in [1.54, 1.807) is 31.2 Å². The molecule has 0 radical (unpaired) electrons. The van der Waals surface area contributed by atoms with Gasteiger partial charge in [-0.3, -0.25) is 4.79 Å². The fourth-order valence-corrected chi connectivity index (χ4v) is 3.96. The molecule has 0 aliphatic heterocycles. The smallest absolute Gasteiger partial charge is 0.493 e. The number of nitrogens with zero attached hydrogens (tertiary/aromatic N) is 2. The van der Waals surface area contributed by atoms with Crippen molar-refractivity contribution in [1.82, 2.24) is 9.55 Å². The van der Waals surface area contributed by atoms with E-state index in [1.165, 1.54) is 12.1 Å². The van der Waals surface area contributed by atoms with Crippen LogP contribution < -0.4 is 9.47 Å². The van der Waals surface area contributed by atoms with Crippen LogP contribution in [0.4, 0.5) is 26.3 Å². The van der Waals surface area contributed by atoms with E-state index in [0.717, 1.165) is 16.7 Å². The Hall–Kier alpha value is -3.70. The van der Waals surface area contributed by atoms with Crippen LogP contribution >= 0.6 is 0 Å². The lowest BCUT2D eigenvalue weighted by Gasteiger charge is -2.17. The summed E-state index contributed by atoms with van der Waals surface area (Å²) in [6.07, 6.45) is -7.34. The molecule has 3 rings (SSSR count). The van der Waals surface area contributed by atoms with Gasteiger partial charge >= 0.3 is 18.5 Å². The van der Waals surface area contributed by atoms with Crippen molar-refractivity contribution in [3.63, 3.8) is 0 Å². The van der Waals surface area contributed by atoms with Crippen molar-refractivity contribution in [3.05, 3.63) is 66.0 Å². The minimum absolute atomic E-state index is 0.0801. The number of imidazole rings is 1. The van der Waals surface area contributed by atoms with Gasteiger partial charge in [-0.25, -0.2) is 4.98 Å². The molecule has 39 heavy (non-hydrogen) atoms. The summed E-state index contributed by atoms with van der Waals surface area (Å²) in [5, 5.41) is 0. The summed E-state index contributed by atoms with van der Waals surface area (Å²) in [7, 11) is 0. The Bertz CT molecular complexity index is 1220. The third kappa shape index (κ3) is 8.93. The Morgan fingerprint density at radius 2 is 1.72 bits per heavy atom. The zero-order valence-electron chi connectivity index (χ0n) is 21.3. The van der Waals surface area contributed by atoms with Gasteiger partial charge in [0.1, 0.15) is 23.0 Å². The number of carbonyl (C=O) groups is 1. The van der Waals surface area contributed by atoms with Crippen LogP contribution in [0.1, 0.15) is 44.4 Å². The molecule has 0 saturated carbocycles. The van der Waals surface area contributed by atoms with Crippen LogP contribution in [-0.4, -0.2) is 35.1 Å². The van der Waals surface area contributed by atoms with Crippen LogP contribution in [0.5, 0.6) is 11.5 Å². The standard InChI is InChI=1S/C27H28F6N2O4/c1-3-37-24(36)15-18(2)7-6-14-38-22-9-5-4-8-20(22)17-35-23(26(28,29)30)16-34-25(35)19-10-12-21(13-11-19)39-27(31,32)33/h4-5,8-13,16,18H,3,6-7,14-15,17H2,1-2H3/t18-/m1/s1. The van der Waals surface area contributed by atoms with E-state index in [2.05, 4.69) is 9.72 Å². The Morgan fingerprint density at radius 3 is 2.36 bits per heavy atom. The number of rotatable bonds is 12. The number of alkyl halides is 6. The average Bonchev–Trinajstić information content (AvgIpc) is 3.26. The Kier molecular flexibility index (Phi) is 9.87. The number of hydrogen-bond donors (Lipinski definition) is 0. The van der Waals surface area contributed by atoms with Crippen LogP contribution in [-0.2, 0) is 22.3 Å². The highest BCUT2D eigenvalue weighted by Crippen LogP contribution is 2.35. The van der Waals surface area contributed by atoms with Gasteiger partial charge in [-0.05, 0) is 56.0 Å². The molecular formula is C27H28F6N2O4. The number of hydrogen-bond acceptors (Lipinski definition) is 5. The van der Waals surface area contributed by atoms with Crippen LogP contribution in [0.3, 0.4) is 0 Å². The number of esters is 1. The highest BCUT2D eigenvalue weighted by molar-refractivity contribution is 5.69. The normalized spacial score (nSPS) is 12.7. The molecule has 0 bridgehead atoms. The van der Waals surface area contributed by atoms with Crippen molar-refractivity contribution in [3.8, 4) is 22.9 Å².